The van der Waals surface area contributed by atoms with Gasteiger partial charge in [-0.2, -0.15) is 0 Å². The number of hydrogen-bond donors (Lipinski definition) is 1. The van der Waals surface area contributed by atoms with Gasteiger partial charge in [0, 0.05) is 19.7 Å². The zero-order valence-electron chi connectivity index (χ0n) is 10.5. The summed E-state index contributed by atoms with van der Waals surface area (Å²) in [6, 6.07) is 0. The normalized spacial score (nSPS) is 20.1. The van der Waals surface area contributed by atoms with Crippen LogP contribution in [0.1, 0.15) is 26.2 Å². The molecule has 0 aliphatic carbocycles. The predicted molar refractivity (Wildman–Crippen MR) is 74.0 cm³/mol. The summed E-state index contributed by atoms with van der Waals surface area (Å²) in [5, 5.41) is 0. The lowest BCUT2D eigenvalue weighted by molar-refractivity contribution is 0.0439. The molecule has 1 N–H and O–H groups in total. The Bertz CT molecular complexity index is 449. The van der Waals surface area contributed by atoms with Crippen LogP contribution >= 0.6 is 15.9 Å². The molecule has 18 heavy (non-hydrogen) atoms. The number of piperidine rings is 1. The Labute approximate surface area is 115 Å². The van der Waals surface area contributed by atoms with Gasteiger partial charge in [0.05, 0.1) is 12.4 Å². The highest BCUT2D eigenvalue weighted by atomic mass is 79.9. The number of aromatic amines is 1. The molecule has 5 nitrogen and oxygen atoms in total. The Kier molecular flexibility index (Phi) is 4.77. The molecule has 0 saturated carbocycles. The number of rotatable bonds is 4. The van der Waals surface area contributed by atoms with Crippen molar-refractivity contribution in [3.05, 3.63) is 21.2 Å². The Hall–Kier alpha value is -0.880. The van der Waals surface area contributed by atoms with Crippen molar-refractivity contribution in [2.24, 2.45) is 0 Å². The number of nitrogens with zero attached hydrogens (tertiary/aromatic N) is 2. The van der Waals surface area contributed by atoms with Gasteiger partial charge in [0.25, 0.3) is 5.56 Å². The van der Waals surface area contributed by atoms with Crippen LogP contribution in [-0.4, -0.2) is 35.8 Å². The minimum atomic E-state index is -0.142. The van der Waals surface area contributed by atoms with Gasteiger partial charge in [-0.25, -0.2) is 4.98 Å². The first-order valence-corrected chi connectivity index (χ1v) is 7.11. The molecule has 1 atom stereocenters. The quantitative estimate of drug-likeness (QED) is 0.922. The van der Waals surface area contributed by atoms with Crippen molar-refractivity contribution in [1.82, 2.24) is 9.97 Å². The number of H-pyrrole nitrogens is 1. The number of ether oxygens (including phenoxy) is 1. The third-order valence-corrected chi connectivity index (χ3v) is 3.73. The average molecular weight is 316 g/mol. The van der Waals surface area contributed by atoms with E-state index in [9.17, 15) is 4.79 Å². The minimum absolute atomic E-state index is 0.142. The van der Waals surface area contributed by atoms with Crippen LogP contribution in [0.15, 0.2) is 15.6 Å². The molecule has 1 aliphatic heterocycles. The monoisotopic (exact) mass is 315 g/mol. The maximum absolute atomic E-state index is 11.5. The van der Waals surface area contributed by atoms with Crippen molar-refractivity contribution < 1.29 is 4.74 Å². The summed E-state index contributed by atoms with van der Waals surface area (Å²) in [7, 11) is 0. The Balaban J connectivity index is 2.08. The third-order valence-electron chi connectivity index (χ3n) is 3.01. The Morgan fingerprint density at radius 2 is 2.50 bits per heavy atom. The van der Waals surface area contributed by atoms with E-state index >= 15 is 0 Å². The predicted octanol–water partition coefficient (Wildman–Crippen LogP) is 1.93. The second kappa shape index (κ2) is 6.33. The van der Waals surface area contributed by atoms with Crippen LogP contribution in [0.2, 0.25) is 0 Å². The number of halogens is 1. The minimum Gasteiger partial charge on any atom is -0.376 e. The standard InChI is InChI=1S/C12H18BrN3O2/c1-2-6-18-9-4-3-5-16(7-9)11-10(13)12(17)15-8-14-11/h8-9H,2-7H2,1H3,(H,14,15,17). The van der Waals surface area contributed by atoms with Crippen molar-refractivity contribution in [1.29, 1.82) is 0 Å². The van der Waals surface area contributed by atoms with Crippen LogP contribution in [-0.2, 0) is 4.74 Å². The number of nitrogens with one attached hydrogen (secondary N) is 1. The molecule has 2 rings (SSSR count). The maximum atomic E-state index is 11.5. The molecule has 1 aliphatic rings. The van der Waals surface area contributed by atoms with Crippen LogP contribution in [0.5, 0.6) is 0 Å². The first-order chi connectivity index (χ1) is 8.72. The molecular weight excluding hydrogens is 298 g/mol. The maximum Gasteiger partial charge on any atom is 0.267 e. The first-order valence-electron chi connectivity index (χ1n) is 6.32. The molecule has 1 aromatic heterocycles. The van der Waals surface area contributed by atoms with Gasteiger partial charge in [0.15, 0.2) is 0 Å². The SMILES string of the molecule is CCCOC1CCCN(c2nc[nH]c(=O)c2Br)C1. The van der Waals surface area contributed by atoms with Crippen LogP contribution in [0.3, 0.4) is 0 Å². The molecule has 1 aromatic rings. The zero-order chi connectivity index (χ0) is 13.0. The van der Waals surface area contributed by atoms with E-state index in [4.69, 9.17) is 4.74 Å². The molecule has 0 bridgehead atoms. The van der Waals surface area contributed by atoms with E-state index in [0.717, 1.165) is 39.0 Å². The van der Waals surface area contributed by atoms with E-state index in [2.05, 4.69) is 37.7 Å². The van der Waals surface area contributed by atoms with Crippen LogP contribution < -0.4 is 10.5 Å². The van der Waals surface area contributed by atoms with Gasteiger partial charge in [-0.05, 0) is 35.2 Å². The largest absolute Gasteiger partial charge is 0.376 e. The van der Waals surface area contributed by atoms with Gasteiger partial charge in [-0.15, -0.1) is 0 Å². The highest BCUT2D eigenvalue weighted by Gasteiger charge is 2.23. The summed E-state index contributed by atoms with van der Waals surface area (Å²) < 4.78 is 6.28. The van der Waals surface area contributed by atoms with Gasteiger partial charge in [0.2, 0.25) is 0 Å². The summed E-state index contributed by atoms with van der Waals surface area (Å²) in [6.07, 6.45) is 4.86. The van der Waals surface area contributed by atoms with E-state index in [0.29, 0.717) is 10.3 Å². The first kappa shape index (κ1) is 13.5. The average Bonchev–Trinajstić information content (AvgIpc) is 2.40. The summed E-state index contributed by atoms with van der Waals surface area (Å²) >= 11 is 3.30. The second-order valence-corrected chi connectivity index (χ2v) is 5.24. The molecule has 100 valence electrons. The zero-order valence-corrected chi connectivity index (χ0v) is 12.1. The van der Waals surface area contributed by atoms with E-state index in [1.807, 2.05) is 0 Å². The molecule has 0 aromatic carbocycles. The highest BCUT2D eigenvalue weighted by molar-refractivity contribution is 9.10. The molecule has 6 heteroatoms. The van der Waals surface area contributed by atoms with Crippen molar-refractivity contribution in [3.8, 4) is 0 Å². The number of anilines is 1. The lowest BCUT2D eigenvalue weighted by Gasteiger charge is -2.33. The van der Waals surface area contributed by atoms with Gasteiger partial charge in [-0.3, -0.25) is 4.79 Å². The second-order valence-electron chi connectivity index (χ2n) is 4.45. The van der Waals surface area contributed by atoms with Gasteiger partial charge in [-0.1, -0.05) is 6.92 Å². The molecular formula is C12H18BrN3O2. The molecule has 1 fully saturated rings. The summed E-state index contributed by atoms with van der Waals surface area (Å²) in [5.74, 6) is 0.712. The molecule has 0 spiro atoms. The molecule has 2 heterocycles. The van der Waals surface area contributed by atoms with E-state index < -0.39 is 0 Å². The van der Waals surface area contributed by atoms with E-state index in [1.165, 1.54) is 6.33 Å². The van der Waals surface area contributed by atoms with E-state index in [1.54, 1.807) is 0 Å². The molecule has 0 radical (unpaired) electrons. The van der Waals surface area contributed by atoms with Crippen LogP contribution in [0, 0.1) is 0 Å². The van der Waals surface area contributed by atoms with Crippen LogP contribution in [0.25, 0.3) is 0 Å². The van der Waals surface area contributed by atoms with Gasteiger partial charge >= 0.3 is 0 Å². The summed E-state index contributed by atoms with van der Waals surface area (Å²) in [6.45, 7) is 4.62. The summed E-state index contributed by atoms with van der Waals surface area (Å²) in [4.78, 5) is 20.4. The van der Waals surface area contributed by atoms with Crippen molar-refractivity contribution in [2.75, 3.05) is 24.6 Å². The van der Waals surface area contributed by atoms with Gasteiger partial charge in [0.1, 0.15) is 10.3 Å². The smallest absolute Gasteiger partial charge is 0.267 e. The fourth-order valence-corrected chi connectivity index (χ4v) is 2.61. The molecule has 1 saturated heterocycles. The highest BCUT2D eigenvalue weighted by Crippen LogP contribution is 2.23. The third kappa shape index (κ3) is 3.11. The van der Waals surface area contributed by atoms with Crippen molar-refractivity contribution in [2.45, 2.75) is 32.3 Å². The van der Waals surface area contributed by atoms with E-state index in [-0.39, 0.29) is 11.7 Å². The van der Waals surface area contributed by atoms with Crippen LogP contribution in [0.4, 0.5) is 5.82 Å². The Morgan fingerprint density at radius 1 is 1.67 bits per heavy atom. The summed E-state index contributed by atoms with van der Waals surface area (Å²) in [5.41, 5.74) is -0.142. The number of aromatic nitrogens is 2. The Morgan fingerprint density at radius 3 is 3.28 bits per heavy atom. The molecule has 0 amide bonds. The van der Waals surface area contributed by atoms with Gasteiger partial charge < -0.3 is 14.6 Å². The fourth-order valence-electron chi connectivity index (χ4n) is 2.15. The fraction of sp³-hybridized carbons (Fsp3) is 0.667. The van der Waals surface area contributed by atoms with Crippen molar-refractivity contribution >= 4 is 21.7 Å². The lowest BCUT2D eigenvalue weighted by atomic mass is 10.1. The topological polar surface area (TPSA) is 58.2 Å². The molecule has 1 unspecified atom stereocenters. The number of hydrogen-bond acceptors (Lipinski definition) is 4. The van der Waals surface area contributed by atoms with Crippen molar-refractivity contribution in [3.63, 3.8) is 0 Å². The lowest BCUT2D eigenvalue weighted by Crippen LogP contribution is -2.41.